The molecule has 2 aromatic carbocycles. The largest absolute Gasteiger partial charge is 0.490 e. The number of para-hydroxylation sites is 1. The predicted molar refractivity (Wildman–Crippen MR) is 80.8 cm³/mol. The van der Waals surface area contributed by atoms with Crippen LogP contribution in [0, 0.1) is 0 Å². The SMILES string of the molecule is O=C1C[C@H](c2ccc3c(c2)OCCCO3)Oc2ccccc21. The second-order valence-electron chi connectivity index (χ2n) is 5.49. The minimum Gasteiger partial charge on any atom is -0.490 e. The van der Waals surface area contributed by atoms with E-state index in [1.807, 2.05) is 42.5 Å². The fourth-order valence-corrected chi connectivity index (χ4v) is 2.84. The van der Waals surface area contributed by atoms with Crippen molar-refractivity contribution in [1.82, 2.24) is 0 Å². The molecule has 2 aliphatic heterocycles. The Morgan fingerprint density at radius 1 is 0.909 bits per heavy atom. The summed E-state index contributed by atoms with van der Waals surface area (Å²) in [4.78, 5) is 12.3. The van der Waals surface area contributed by atoms with Crippen LogP contribution < -0.4 is 14.2 Å². The summed E-state index contributed by atoms with van der Waals surface area (Å²) in [5.74, 6) is 2.24. The zero-order valence-electron chi connectivity index (χ0n) is 12.1. The molecule has 0 saturated heterocycles. The fraction of sp³-hybridized carbons (Fsp3) is 0.278. The Morgan fingerprint density at radius 3 is 2.64 bits per heavy atom. The Balaban J connectivity index is 1.66. The molecule has 2 aliphatic rings. The number of hydrogen-bond acceptors (Lipinski definition) is 4. The van der Waals surface area contributed by atoms with Crippen LogP contribution in [0.4, 0.5) is 0 Å². The lowest BCUT2D eigenvalue weighted by Crippen LogP contribution is -2.20. The summed E-state index contributed by atoms with van der Waals surface area (Å²) in [6.45, 7) is 1.31. The van der Waals surface area contributed by atoms with Crippen molar-refractivity contribution in [2.75, 3.05) is 13.2 Å². The summed E-state index contributed by atoms with van der Waals surface area (Å²) in [5, 5.41) is 0. The molecule has 0 spiro atoms. The molecule has 0 aliphatic carbocycles. The van der Waals surface area contributed by atoms with Crippen molar-refractivity contribution < 1.29 is 19.0 Å². The number of fused-ring (bicyclic) bond motifs is 2. The van der Waals surface area contributed by atoms with Crippen LogP contribution in [0.1, 0.15) is 34.9 Å². The normalized spacial score (nSPS) is 19.8. The summed E-state index contributed by atoms with van der Waals surface area (Å²) in [7, 11) is 0. The first-order chi connectivity index (χ1) is 10.8. The molecule has 22 heavy (non-hydrogen) atoms. The smallest absolute Gasteiger partial charge is 0.170 e. The summed E-state index contributed by atoms with van der Waals surface area (Å²) in [6.07, 6.45) is 0.937. The average molecular weight is 296 g/mol. The van der Waals surface area contributed by atoms with E-state index in [0.29, 0.717) is 30.9 Å². The lowest BCUT2D eigenvalue weighted by atomic mass is 9.96. The molecule has 2 heterocycles. The van der Waals surface area contributed by atoms with Gasteiger partial charge in [-0.25, -0.2) is 0 Å². The molecule has 4 nitrogen and oxygen atoms in total. The minimum atomic E-state index is -0.278. The maximum Gasteiger partial charge on any atom is 0.170 e. The van der Waals surface area contributed by atoms with Crippen molar-refractivity contribution >= 4 is 5.78 Å². The molecule has 0 bridgehead atoms. The van der Waals surface area contributed by atoms with Crippen LogP contribution >= 0.6 is 0 Å². The third kappa shape index (κ3) is 2.30. The molecule has 0 aromatic heterocycles. The highest BCUT2D eigenvalue weighted by atomic mass is 16.5. The molecule has 1 atom stereocenters. The summed E-state index contributed by atoms with van der Waals surface area (Å²) < 4.78 is 17.3. The van der Waals surface area contributed by atoms with Crippen molar-refractivity contribution in [2.24, 2.45) is 0 Å². The molecule has 0 saturated carbocycles. The zero-order valence-corrected chi connectivity index (χ0v) is 12.1. The van der Waals surface area contributed by atoms with Crippen LogP contribution in [0.5, 0.6) is 17.2 Å². The van der Waals surface area contributed by atoms with E-state index in [1.165, 1.54) is 0 Å². The number of Topliss-reactive ketones (excluding diaryl/α,β-unsaturated/α-hetero) is 1. The van der Waals surface area contributed by atoms with Gasteiger partial charge in [-0.05, 0) is 29.8 Å². The van der Waals surface area contributed by atoms with E-state index in [0.717, 1.165) is 23.5 Å². The van der Waals surface area contributed by atoms with E-state index in [2.05, 4.69) is 0 Å². The third-order valence-corrected chi connectivity index (χ3v) is 3.97. The van der Waals surface area contributed by atoms with Gasteiger partial charge in [-0.2, -0.15) is 0 Å². The summed E-state index contributed by atoms with van der Waals surface area (Å²) in [5.41, 5.74) is 1.60. The Labute approximate surface area is 128 Å². The highest BCUT2D eigenvalue weighted by Crippen LogP contribution is 2.38. The molecular weight excluding hydrogens is 280 g/mol. The summed E-state index contributed by atoms with van der Waals surface area (Å²) >= 11 is 0. The lowest BCUT2D eigenvalue weighted by molar-refractivity contribution is 0.0849. The van der Waals surface area contributed by atoms with Gasteiger partial charge in [0.1, 0.15) is 11.9 Å². The molecule has 112 valence electrons. The number of ether oxygens (including phenoxy) is 3. The molecular formula is C18H16O4. The van der Waals surface area contributed by atoms with Gasteiger partial charge in [0.2, 0.25) is 0 Å². The number of carbonyl (C=O) groups excluding carboxylic acids is 1. The van der Waals surface area contributed by atoms with Gasteiger partial charge < -0.3 is 14.2 Å². The van der Waals surface area contributed by atoms with E-state index >= 15 is 0 Å². The van der Waals surface area contributed by atoms with Gasteiger partial charge in [0.05, 0.1) is 25.2 Å². The van der Waals surface area contributed by atoms with Crippen LogP contribution in [0.3, 0.4) is 0 Å². The average Bonchev–Trinajstić information content (AvgIpc) is 2.79. The maximum atomic E-state index is 12.3. The Bertz CT molecular complexity index is 723. The summed E-state index contributed by atoms with van der Waals surface area (Å²) in [6, 6.07) is 13.1. The van der Waals surface area contributed by atoms with E-state index in [-0.39, 0.29) is 11.9 Å². The zero-order chi connectivity index (χ0) is 14.9. The minimum absolute atomic E-state index is 0.110. The van der Waals surface area contributed by atoms with Crippen LogP contribution in [-0.2, 0) is 0 Å². The van der Waals surface area contributed by atoms with Crippen LogP contribution in [-0.4, -0.2) is 19.0 Å². The van der Waals surface area contributed by atoms with Gasteiger partial charge >= 0.3 is 0 Å². The highest BCUT2D eigenvalue weighted by Gasteiger charge is 2.28. The van der Waals surface area contributed by atoms with Crippen LogP contribution in [0.15, 0.2) is 42.5 Å². The molecule has 4 rings (SSSR count). The van der Waals surface area contributed by atoms with E-state index in [1.54, 1.807) is 0 Å². The first-order valence-electron chi connectivity index (χ1n) is 7.50. The number of hydrogen-bond donors (Lipinski definition) is 0. The molecule has 0 amide bonds. The first-order valence-corrected chi connectivity index (χ1v) is 7.50. The van der Waals surface area contributed by atoms with Crippen LogP contribution in [0.2, 0.25) is 0 Å². The Hall–Kier alpha value is -2.49. The Kier molecular flexibility index (Phi) is 3.22. The highest BCUT2D eigenvalue weighted by molar-refractivity contribution is 5.99. The van der Waals surface area contributed by atoms with Crippen molar-refractivity contribution in [1.29, 1.82) is 0 Å². The van der Waals surface area contributed by atoms with Gasteiger partial charge in [-0.15, -0.1) is 0 Å². The molecule has 0 fully saturated rings. The Morgan fingerprint density at radius 2 is 1.73 bits per heavy atom. The molecule has 0 unspecified atom stereocenters. The topological polar surface area (TPSA) is 44.8 Å². The van der Waals surface area contributed by atoms with Gasteiger partial charge in [0, 0.05) is 6.42 Å². The number of carbonyl (C=O) groups is 1. The monoisotopic (exact) mass is 296 g/mol. The standard InChI is InChI=1S/C18H16O4/c19-14-11-17(22-15-5-2-1-4-13(14)15)12-6-7-16-18(10-12)21-9-3-8-20-16/h1-2,4-7,10,17H,3,8-9,11H2/t17-/m1/s1. The predicted octanol–water partition coefficient (Wildman–Crippen LogP) is 3.55. The molecule has 0 radical (unpaired) electrons. The van der Waals surface area contributed by atoms with E-state index in [9.17, 15) is 4.79 Å². The number of benzene rings is 2. The third-order valence-electron chi connectivity index (χ3n) is 3.97. The fourth-order valence-electron chi connectivity index (χ4n) is 2.84. The van der Waals surface area contributed by atoms with E-state index in [4.69, 9.17) is 14.2 Å². The molecule has 0 N–H and O–H groups in total. The van der Waals surface area contributed by atoms with Crippen molar-refractivity contribution in [3.63, 3.8) is 0 Å². The van der Waals surface area contributed by atoms with Crippen molar-refractivity contribution in [3.05, 3.63) is 53.6 Å². The molecule has 4 heteroatoms. The second kappa shape index (κ2) is 5.37. The maximum absolute atomic E-state index is 12.3. The van der Waals surface area contributed by atoms with Gasteiger partial charge in [0.15, 0.2) is 17.3 Å². The van der Waals surface area contributed by atoms with Crippen molar-refractivity contribution in [2.45, 2.75) is 18.9 Å². The van der Waals surface area contributed by atoms with Gasteiger partial charge in [-0.3, -0.25) is 4.79 Å². The van der Waals surface area contributed by atoms with Gasteiger partial charge in [-0.1, -0.05) is 18.2 Å². The first kappa shape index (κ1) is 13.2. The molecule has 2 aromatic rings. The van der Waals surface area contributed by atoms with Gasteiger partial charge in [0.25, 0.3) is 0 Å². The van der Waals surface area contributed by atoms with Crippen LogP contribution in [0.25, 0.3) is 0 Å². The number of rotatable bonds is 1. The van der Waals surface area contributed by atoms with E-state index < -0.39 is 0 Å². The number of ketones is 1. The lowest BCUT2D eigenvalue weighted by Gasteiger charge is -2.25. The quantitative estimate of drug-likeness (QED) is 0.807. The second-order valence-corrected chi connectivity index (χ2v) is 5.49. The van der Waals surface area contributed by atoms with Crippen molar-refractivity contribution in [3.8, 4) is 17.2 Å².